The molecule has 0 aliphatic carbocycles. The van der Waals surface area contributed by atoms with Gasteiger partial charge < -0.3 is 0 Å². The lowest BCUT2D eigenvalue weighted by molar-refractivity contribution is 0.0939. The van der Waals surface area contributed by atoms with Crippen LogP contribution in [0, 0.1) is 0 Å². The van der Waals surface area contributed by atoms with E-state index < -0.39 is 5.66 Å². The zero-order chi connectivity index (χ0) is 6.62. The summed E-state index contributed by atoms with van der Waals surface area (Å²) in [5.74, 6) is 0. The number of hydrogen-bond donors (Lipinski definition) is 0. The molecule has 0 heterocycles. The Morgan fingerprint density at radius 2 is 2.00 bits per heavy atom. The highest BCUT2D eigenvalue weighted by atomic mass is 79.9. The van der Waals surface area contributed by atoms with Gasteiger partial charge in [0.15, 0.2) is 0 Å². The Labute approximate surface area is 58.4 Å². The van der Waals surface area contributed by atoms with Crippen LogP contribution in [0.5, 0.6) is 0 Å². The maximum absolute atomic E-state index is 11.9. The predicted molar refractivity (Wildman–Crippen MR) is 37.7 cm³/mol. The second-order valence-corrected chi connectivity index (χ2v) is 3.19. The van der Waals surface area contributed by atoms with E-state index in [9.17, 15) is 8.78 Å². The van der Waals surface area contributed by atoms with Crippen molar-refractivity contribution in [3.63, 3.8) is 0 Å². The van der Waals surface area contributed by atoms with Gasteiger partial charge in [-0.3, -0.25) is 0 Å². The minimum atomic E-state index is -2.56. The minimum Gasteiger partial charge on any atom is -0.203 e. The zero-order valence-electron chi connectivity index (χ0n) is 4.33. The first kappa shape index (κ1) is 8.77. The van der Waals surface area contributed by atoms with E-state index in [0.717, 1.165) is 0 Å². The summed E-state index contributed by atoms with van der Waals surface area (Å²) in [6, 6.07) is 0. The molecule has 0 aromatic rings. The smallest absolute Gasteiger partial charge is 0.203 e. The van der Waals surface area contributed by atoms with Crippen LogP contribution in [0.1, 0.15) is 12.8 Å². The lowest BCUT2D eigenvalue weighted by Gasteiger charge is -2.06. The van der Waals surface area contributed by atoms with Crippen LogP contribution in [0.4, 0.5) is 8.78 Å². The first-order valence-corrected chi connectivity index (χ1v) is 3.99. The highest BCUT2D eigenvalue weighted by Crippen LogP contribution is 2.27. The number of alkyl halides is 3. The fourth-order valence-corrected chi connectivity index (χ4v) is 0.787. The van der Waals surface area contributed by atoms with E-state index >= 15 is 0 Å². The predicted octanol–water partition coefficient (Wildman–Crippen LogP) is 2.63. The fraction of sp³-hybridized carbons (Fsp3) is 1.00. The van der Waals surface area contributed by atoms with E-state index in [-0.39, 0.29) is 6.42 Å². The summed E-state index contributed by atoms with van der Waals surface area (Å²) < 4.78 is 23.7. The van der Waals surface area contributed by atoms with E-state index in [1.807, 2.05) is 0 Å². The molecule has 0 fully saturated rings. The van der Waals surface area contributed by atoms with Crippen LogP contribution in [0.15, 0.2) is 0 Å². The number of hydrogen-bond acceptors (Lipinski definition) is 0. The average molecular weight is 205 g/mol. The molecular formula is C4H8BrF2P. The van der Waals surface area contributed by atoms with Crippen molar-refractivity contribution in [1.29, 1.82) is 0 Å². The van der Waals surface area contributed by atoms with Crippen LogP contribution in [0.25, 0.3) is 0 Å². The molecule has 1 unspecified atom stereocenters. The van der Waals surface area contributed by atoms with Crippen molar-refractivity contribution in [2.24, 2.45) is 0 Å². The summed E-state index contributed by atoms with van der Waals surface area (Å²) >= 11 is 3.06. The van der Waals surface area contributed by atoms with Gasteiger partial charge in [0.2, 0.25) is 0 Å². The molecule has 0 radical (unpaired) electrons. The molecule has 0 aliphatic heterocycles. The van der Waals surface area contributed by atoms with Gasteiger partial charge in [-0.15, -0.1) is 0 Å². The summed E-state index contributed by atoms with van der Waals surface area (Å²) in [5, 5.41) is 0.650. The van der Waals surface area contributed by atoms with E-state index in [0.29, 0.717) is 11.8 Å². The van der Waals surface area contributed by atoms with Crippen LogP contribution < -0.4 is 0 Å². The van der Waals surface area contributed by atoms with E-state index in [4.69, 9.17) is 0 Å². The van der Waals surface area contributed by atoms with Gasteiger partial charge in [-0.05, 0) is 6.42 Å². The van der Waals surface area contributed by atoms with Gasteiger partial charge >= 0.3 is 0 Å². The normalized spacial score (nSPS) is 12.0. The SMILES string of the molecule is FC(F)(P)CCCBr. The van der Waals surface area contributed by atoms with E-state index in [1.165, 1.54) is 9.24 Å². The topological polar surface area (TPSA) is 0 Å². The summed E-state index contributed by atoms with van der Waals surface area (Å²) in [5.41, 5.74) is -2.56. The zero-order valence-corrected chi connectivity index (χ0v) is 7.07. The largest absolute Gasteiger partial charge is 0.259 e. The Hall–Kier alpha value is 0.770. The van der Waals surface area contributed by atoms with Crippen molar-refractivity contribution >= 4 is 25.2 Å². The molecule has 0 N–H and O–H groups in total. The Balaban J connectivity index is 3.11. The van der Waals surface area contributed by atoms with E-state index in [1.54, 1.807) is 0 Å². The van der Waals surface area contributed by atoms with Gasteiger partial charge in [-0.1, -0.05) is 25.2 Å². The highest BCUT2D eigenvalue weighted by molar-refractivity contribution is 9.09. The summed E-state index contributed by atoms with van der Waals surface area (Å²) in [7, 11) is 1.51. The molecule has 0 spiro atoms. The molecule has 1 atom stereocenters. The lowest BCUT2D eigenvalue weighted by Crippen LogP contribution is -2.03. The molecule has 4 heteroatoms. The monoisotopic (exact) mass is 204 g/mol. The molecule has 0 aliphatic rings. The Bertz CT molecular complexity index is 61.5. The van der Waals surface area contributed by atoms with Crippen LogP contribution >= 0.6 is 25.2 Å². The summed E-state index contributed by atoms with van der Waals surface area (Å²) in [4.78, 5) is 0. The molecule has 0 bridgehead atoms. The van der Waals surface area contributed by atoms with Crippen molar-refractivity contribution in [3.8, 4) is 0 Å². The van der Waals surface area contributed by atoms with Crippen molar-refractivity contribution in [1.82, 2.24) is 0 Å². The highest BCUT2D eigenvalue weighted by Gasteiger charge is 2.19. The van der Waals surface area contributed by atoms with Crippen LogP contribution in [-0.2, 0) is 0 Å². The average Bonchev–Trinajstić information content (AvgIpc) is 1.59. The maximum atomic E-state index is 11.9. The molecule has 50 valence electrons. The second kappa shape index (κ2) is 3.73. The molecule has 0 amide bonds. The number of halogens is 3. The van der Waals surface area contributed by atoms with Gasteiger partial charge in [0, 0.05) is 11.8 Å². The standard InChI is InChI=1S/C4H8BrF2P/c5-3-1-2-4(6,7)8/h1-3,8H2. The fourth-order valence-electron chi connectivity index (χ4n) is 0.303. The first-order valence-electron chi connectivity index (χ1n) is 2.29. The van der Waals surface area contributed by atoms with Gasteiger partial charge in [-0.25, -0.2) is 8.78 Å². The van der Waals surface area contributed by atoms with Crippen molar-refractivity contribution < 1.29 is 8.78 Å². The molecule has 0 aromatic carbocycles. The minimum absolute atomic E-state index is 0.0527. The number of rotatable bonds is 3. The summed E-state index contributed by atoms with van der Waals surface area (Å²) in [6.45, 7) is 0. The summed E-state index contributed by atoms with van der Waals surface area (Å²) in [6.07, 6.45) is 0.472. The van der Waals surface area contributed by atoms with Crippen LogP contribution in [-0.4, -0.2) is 11.0 Å². The molecule has 0 saturated carbocycles. The van der Waals surface area contributed by atoms with Crippen LogP contribution in [0.3, 0.4) is 0 Å². The van der Waals surface area contributed by atoms with E-state index in [2.05, 4.69) is 15.9 Å². The molecular weight excluding hydrogens is 197 g/mol. The van der Waals surface area contributed by atoms with Crippen molar-refractivity contribution in [3.05, 3.63) is 0 Å². The van der Waals surface area contributed by atoms with Crippen LogP contribution in [0.2, 0.25) is 0 Å². The first-order chi connectivity index (χ1) is 3.56. The molecule has 0 saturated heterocycles. The Morgan fingerprint density at radius 3 is 2.12 bits per heavy atom. The van der Waals surface area contributed by atoms with Crippen molar-refractivity contribution in [2.45, 2.75) is 18.5 Å². The third-order valence-electron chi connectivity index (χ3n) is 0.644. The van der Waals surface area contributed by atoms with Gasteiger partial charge in [0.1, 0.15) is 0 Å². The third kappa shape index (κ3) is 6.77. The molecule has 0 nitrogen and oxygen atoms in total. The maximum Gasteiger partial charge on any atom is 0.259 e. The second-order valence-electron chi connectivity index (χ2n) is 1.55. The molecule has 0 rings (SSSR count). The molecule has 8 heavy (non-hydrogen) atoms. The molecule has 0 aromatic heterocycles. The van der Waals surface area contributed by atoms with Gasteiger partial charge in [-0.2, -0.15) is 0 Å². The Kier molecular flexibility index (Phi) is 4.09. The lowest BCUT2D eigenvalue weighted by atomic mass is 10.3. The quantitative estimate of drug-likeness (QED) is 0.490. The van der Waals surface area contributed by atoms with Gasteiger partial charge in [0.05, 0.1) is 0 Å². The van der Waals surface area contributed by atoms with Crippen molar-refractivity contribution in [2.75, 3.05) is 5.33 Å². The third-order valence-corrected chi connectivity index (χ3v) is 1.49. The van der Waals surface area contributed by atoms with Gasteiger partial charge in [0.25, 0.3) is 5.66 Å². The Morgan fingerprint density at radius 1 is 1.50 bits per heavy atom.